The number of aliphatic hydroxyl groups excluding tert-OH is 2. The molecule has 0 saturated heterocycles. The molecule has 94 valence electrons. The maximum absolute atomic E-state index is 10.3. The molecule has 0 aliphatic carbocycles. The van der Waals surface area contributed by atoms with Gasteiger partial charge in [-0.1, -0.05) is 41.4 Å². The third kappa shape index (κ3) is 2.85. The Morgan fingerprint density at radius 2 is 1.72 bits per heavy atom. The van der Waals surface area contributed by atoms with Crippen LogP contribution in [0, 0.1) is 0 Å². The Morgan fingerprint density at radius 3 is 2.39 bits per heavy atom. The van der Waals surface area contributed by atoms with Gasteiger partial charge in [0.15, 0.2) is 0 Å². The van der Waals surface area contributed by atoms with Gasteiger partial charge in [0.1, 0.15) is 6.10 Å². The van der Waals surface area contributed by atoms with Gasteiger partial charge in [0.2, 0.25) is 0 Å². The lowest BCUT2D eigenvalue weighted by atomic mass is 9.97. The molecule has 1 unspecified atom stereocenters. The lowest BCUT2D eigenvalue weighted by molar-refractivity contribution is 0.213. The summed E-state index contributed by atoms with van der Waals surface area (Å²) in [6.07, 6.45) is -0.857. The summed E-state index contributed by atoms with van der Waals surface area (Å²) in [6, 6.07) is 12.0. The van der Waals surface area contributed by atoms with Crippen LogP contribution in [0.3, 0.4) is 0 Å². The highest BCUT2D eigenvalue weighted by molar-refractivity contribution is 6.31. The smallest absolute Gasteiger partial charge is 0.105 e. The topological polar surface area (TPSA) is 40.5 Å². The summed E-state index contributed by atoms with van der Waals surface area (Å²) in [7, 11) is 0. The molecule has 0 spiro atoms. The van der Waals surface area contributed by atoms with E-state index in [1.165, 1.54) is 0 Å². The molecular formula is C14H12Cl2O2. The van der Waals surface area contributed by atoms with Gasteiger partial charge in [0, 0.05) is 10.0 Å². The first-order chi connectivity index (χ1) is 8.61. The molecule has 0 heterocycles. The van der Waals surface area contributed by atoms with Gasteiger partial charge in [-0.25, -0.2) is 0 Å². The fourth-order valence-electron chi connectivity index (χ4n) is 1.82. The van der Waals surface area contributed by atoms with Crippen LogP contribution in [0.4, 0.5) is 0 Å². The van der Waals surface area contributed by atoms with Crippen molar-refractivity contribution in [1.82, 2.24) is 0 Å². The predicted octanol–water partition coefficient (Wildman–Crippen LogP) is 3.57. The minimum atomic E-state index is -0.857. The van der Waals surface area contributed by atoms with Crippen LogP contribution in [0.2, 0.25) is 10.0 Å². The Balaban J connectivity index is 2.44. The van der Waals surface area contributed by atoms with Crippen LogP contribution in [0.5, 0.6) is 0 Å². The van der Waals surface area contributed by atoms with Crippen molar-refractivity contribution in [2.24, 2.45) is 0 Å². The maximum atomic E-state index is 10.3. The number of halogens is 2. The Bertz CT molecular complexity index is 555. The zero-order chi connectivity index (χ0) is 13.1. The van der Waals surface area contributed by atoms with Crippen molar-refractivity contribution in [1.29, 1.82) is 0 Å². The van der Waals surface area contributed by atoms with E-state index in [4.69, 9.17) is 23.2 Å². The van der Waals surface area contributed by atoms with Gasteiger partial charge in [-0.15, -0.1) is 0 Å². The Labute approximate surface area is 115 Å². The molecule has 2 N–H and O–H groups in total. The summed E-state index contributed by atoms with van der Waals surface area (Å²) >= 11 is 11.8. The van der Waals surface area contributed by atoms with E-state index in [1.807, 2.05) is 0 Å². The molecule has 0 amide bonds. The van der Waals surface area contributed by atoms with E-state index < -0.39 is 6.10 Å². The second-order valence-corrected chi connectivity index (χ2v) is 4.83. The fraction of sp³-hybridized carbons (Fsp3) is 0.143. The molecule has 2 rings (SSSR count). The fourth-order valence-corrected chi connectivity index (χ4v) is 2.20. The normalized spacial score (nSPS) is 12.4. The lowest BCUT2D eigenvalue weighted by Gasteiger charge is -2.15. The molecule has 2 nitrogen and oxygen atoms in total. The van der Waals surface area contributed by atoms with Gasteiger partial charge >= 0.3 is 0 Å². The van der Waals surface area contributed by atoms with E-state index in [2.05, 4.69) is 0 Å². The minimum Gasteiger partial charge on any atom is -0.392 e. The first kappa shape index (κ1) is 13.4. The van der Waals surface area contributed by atoms with Gasteiger partial charge in [0.25, 0.3) is 0 Å². The van der Waals surface area contributed by atoms with Gasteiger partial charge in [-0.05, 0) is 41.0 Å². The summed E-state index contributed by atoms with van der Waals surface area (Å²) < 4.78 is 0. The quantitative estimate of drug-likeness (QED) is 0.904. The van der Waals surface area contributed by atoms with Crippen molar-refractivity contribution in [3.05, 3.63) is 69.2 Å². The van der Waals surface area contributed by atoms with E-state index in [-0.39, 0.29) is 6.61 Å². The number of aliphatic hydroxyl groups is 2. The number of rotatable bonds is 3. The molecule has 0 saturated carbocycles. The van der Waals surface area contributed by atoms with Crippen LogP contribution in [0.25, 0.3) is 0 Å². The molecular weight excluding hydrogens is 271 g/mol. The van der Waals surface area contributed by atoms with Crippen LogP contribution < -0.4 is 0 Å². The lowest BCUT2D eigenvalue weighted by Crippen LogP contribution is -2.04. The summed E-state index contributed by atoms with van der Waals surface area (Å²) in [6.45, 7) is -0.149. The van der Waals surface area contributed by atoms with Gasteiger partial charge < -0.3 is 10.2 Å². The molecule has 0 fully saturated rings. The van der Waals surface area contributed by atoms with Crippen molar-refractivity contribution in [3.63, 3.8) is 0 Å². The maximum Gasteiger partial charge on any atom is 0.105 e. The van der Waals surface area contributed by atoms with Crippen molar-refractivity contribution < 1.29 is 10.2 Å². The largest absolute Gasteiger partial charge is 0.392 e. The highest BCUT2D eigenvalue weighted by atomic mass is 35.5. The molecule has 1 atom stereocenters. The molecule has 0 radical (unpaired) electrons. The molecule has 0 bridgehead atoms. The number of hydrogen-bond acceptors (Lipinski definition) is 2. The number of hydrogen-bond donors (Lipinski definition) is 2. The predicted molar refractivity (Wildman–Crippen MR) is 72.9 cm³/mol. The standard InChI is InChI=1S/C14H12Cl2O2/c15-11-3-1-2-9(6-11)14(18)13-7-12(16)5-4-10(13)8-17/h1-7,14,17-18H,8H2. The second kappa shape index (κ2) is 5.72. The first-order valence-corrected chi connectivity index (χ1v) is 6.20. The molecule has 0 aliphatic rings. The van der Waals surface area contributed by atoms with Crippen LogP contribution >= 0.6 is 23.2 Å². The van der Waals surface area contributed by atoms with Crippen LogP contribution in [-0.4, -0.2) is 10.2 Å². The van der Waals surface area contributed by atoms with Gasteiger partial charge in [-0.3, -0.25) is 0 Å². The van der Waals surface area contributed by atoms with E-state index in [0.29, 0.717) is 26.7 Å². The van der Waals surface area contributed by atoms with Crippen LogP contribution in [0.15, 0.2) is 42.5 Å². The average molecular weight is 283 g/mol. The number of benzene rings is 2. The molecule has 4 heteroatoms. The summed E-state index contributed by atoms with van der Waals surface area (Å²) in [5.74, 6) is 0. The van der Waals surface area contributed by atoms with E-state index in [1.54, 1.807) is 42.5 Å². The summed E-state index contributed by atoms with van der Waals surface area (Å²) in [5.41, 5.74) is 1.90. The first-order valence-electron chi connectivity index (χ1n) is 5.44. The Morgan fingerprint density at radius 1 is 1.00 bits per heavy atom. The highest BCUT2D eigenvalue weighted by Crippen LogP contribution is 2.29. The van der Waals surface area contributed by atoms with Gasteiger partial charge in [-0.2, -0.15) is 0 Å². The van der Waals surface area contributed by atoms with Crippen molar-refractivity contribution in [2.75, 3.05) is 0 Å². The SMILES string of the molecule is OCc1ccc(Cl)cc1C(O)c1cccc(Cl)c1. The molecule has 2 aromatic carbocycles. The summed E-state index contributed by atoms with van der Waals surface area (Å²) in [5, 5.41) is 20.7. The third-order valence-electron chi connectivity index (χ3n) is 2.74. The Hall–Kier alpha value is -1.06. The van der Waals surface area contributed by atoms with Crippen LogP contribution in [-0.2, 0) is 6.61 Å². The van der Waals surface area contributed by atoms with E-state index in [9.17, 15) is 10.2 Å². The van der Waals surface area contributed by atoms with Crippen molar-refractivity contribution >= 4 is 23.2 Å². The molecule has 2 aromatic rings. The van der Waals surface area contributed by atoms with E-state index in [0.717, 1.165) is 0 Å². The zero-order valence-electron chi connectivity index (χ0n) is 9.48. The van der Waals surface area contributed by atoms with Gasteiger partial charge in [0.05, 0.1) is 6.61 Å². The minimum absolute atomic E-state index is 0.149. The molecule has 18 heavy (non-hydrogen) atoms. The Kier molecular flexibility index (Phi) is 4.25. The molecule has 0 aromatic heterocycles. The monoisotopic (exact) mass is 282 g/mol. The average Bonchev–Trinajstić information content (AvgIpc) is 2.38. The van der Waals surface area contributed by atoms with Crippen molar-refractivity contribution in [2.45, 2.75) is 12.7 Å². The van der Waals surface area contributed by atoms with Crippen LogP contribution in [0.1, 0.15) is 22.8 Å². The second-order valence-electron chi connectivity index (χ2n) is 3.96. The van der Waals surface area contributed by atoms with E-state index >= 15 is 0 Å². The zero-order valence-corrected chi connectivity index (χ0v) is 11.0. The highest BCUT2D eigenvalue weighted by Gasteiger charge is 2.15. The summed E-state index contributed by atoms with van der Waals surface area (Å²) in [4.78, 5) is 0. The molecule has 0 aliphatic heterocycles. The third-order valence-corrected chi connectivity index (χ3v) is 3.21. The van der Waals surface area contributed by atoms with Crippen molar-refractivity contribution in [3.8, 4) is 0 Å².